The van der Waals surface area contributed by atoms with Crippen molar-refractivity contribution in [1.82, 2.24) is 0 Å². The van der Waals surface area contributed by atoms with Crippen LogP contribution in [0.5, 0.6) is 5.75 Å². The number of carbonyl (C=O) groups is 1. The van der Waals surface area contributed by atoms with Crippen LogP contribution in [0.15, 0.2) is 18.2 Å². The molecule has 1 rings (SSSR count). The summed E-state index contributed by atoms with van der Waals surface area (Å²) in [6.07, 6.45) is -4.42. The Morgan fingerprint density at radius 1 is 1.28 bits per heavy atom. The zero-order chi connectivity index (χ0) is 13.8. The monoisotopic (exact) mass is 262 g/mol. The van der Waals surface area contributed by atoms with Gasteiger partial charge in [-0.2, -0.15) is 0 Å². The van der Waals surface area contributed by atoms with E-state index >= 15 is 0 Å². The van der Waals surface area contributed by atoms with E-state index in [1.165, 1.54) is 12.1 Å². The van der Waals surface area contributed by atoms with Gasteiger partial charge in [-0.25, -0.2) is 4.79 Å². The fourth-order valence-electron chi connectivity index (χ4n) is 1.42. The van der Waals surface area contributed by atoms with Gasteiger partial charge >= 0.3 is 12.3 Å². The zero-order valence-electron chi connectivity index (χ0n) is 10.0. The van der Waals surface area contributed by atoms with Crippen molar-refractivity contribution in [1.29, 1.82) is 0 Å². The van der Waals surface area contributed by atoms with Crippen LogP contribution in [0.4, 0.5) is 13.2 Å². The van der Waals surface area contributed by atoms with Gasteiger partial charge in [0.25, 0.3) is 0 Å². The third kappa shape index (κ3) is 3.94. The van der Waals surface area contributed by atoms with E-state index in [0.717, 1.165) is 6.07 Å². The van der Waals surface area contributed by atoms with Gasteiger partial charge in [-0.05, 0) is 37.1 Å². The highest BCUT2D eigenvalue weighted by atomic mass is 19.4. The SMILES string of the molecule is CCOC(=O)c1ccc(OC(F)(F)F)c(CC)c1. The highest BCUT2D eigenvalue weighted by molar-refractivity contribution is 5.89. The summed E-state index contributed by atoms with van der Waals surface area (Å²) in [7, 11) is 0. The normalized spacial score (nSPS) is 11.2. The van der Waals surface area contributed by atoms with Crippen molar-refractivity contribution in [2.24, 2.45) is 0 Å². The molecule has 100 valence electrons. The molecule has 0 radical (unpaired) electrons. The molecular weight excluding hydrogens is 249 g/mol. The van der Waals surface area contributed by atoms with Crippen molar-refractivity contribution in [2.45, 2.75) is 26.6 Å². The number of alkyl halides is 3. The first-order valence-corrected chi connectivity index (χ1v) is 5.43. The maximum absolute atomic E-state index is 12.1. The van der Waals surface area contributed by atoms with E-state index in [0.29, 0.717) is 12.0 Å². The number of carbonyl (C=O) groups excluding carboxylic acids is 1. The maximum atomic E-state index is 12.1. The van der Waals surface area contributed by atoms with E-state index in [2.05, 4.69) is 4.74 Å². The van der Waals surface area contributed by atoms with E-state index in [4.69, 9.17) is 4.74 Å². The first kappa shape index (κ1) is 14.3. The number of halogens is 3. The third-order valence-electron chi connectivity index (χ3n) is 2.18. The molecule has 6 heteroatoms. The van der Waals surface area contributed by atoms with Gasteiger partial charge in [-0.3, -0.25) is 0 Å². The molecule has 0 atom stereocenters. The van der Waals surface area contributed by atoms with E-state index in [1.54, 1.807) is 13.8 Å². The Balaban J connectivity index is 3.00. The average Bonchev–Trinajstić information content (AvgIpc) is 2.27. The highest BCUT2D eigenvalue weighted by Gasteiger charge is 2.32. The van der Waals surface area contributed by atoms with Crippen LogP contribution in [0.3, 0.4) is 0 Å². The minimum absolute atomic E-state index is 0.209. The molecule has 0 aliphatic carbocycles. The number of hydrogen-bond acceptors (Lipinski definition) is 3. The van der Waals surface area contributed by atoms with E-state index in [-0.39, 0.29) is 17.9 Å². The molecule has 0 unspecified atom stereocenters. The summed E-state index contributed by atoms with van der Waals surface area (Å²) < 4.78 is 45.0. The van der Waals surface area contributed by atoms with Gasteiger partial charge in [0.05, 0.1) is 12.2 Å². The van der Waals surface area contributed by atoms with Gasteiger partial charge in [0.2, 0.25) is 0 Å². The lowest BCUT2D eigenvalue weighted by atomic mass is 10.1. The first-order chi connectivity index (χ1) is 8.37. The van der Waals surface area contributed by atoms with Crippen molar-refractivity contribution in [3.05, 3.63) is 29.3 Å². The van der Waals surface area contributed by atoms with Crippen LogP contribution in [0.2, 0.25) is 0 Å². The Hall–Kier alpha value is -1.72. The van der Waals surface area contributed by atoms with Crippen LogP contribution in [-0.4, -0.2) is 18.9 Å². The molecular formula is C12H13F3O3. The summed E-state index contributed by atoms with van der Waals surface area (Å²) >= 11 is 0. The van der Waals surface area contributed by atoms with Crippen LogP contribution in [0, 0.1) is 0 Å². The molecule has 0 aliphatic heterocycles. The van der Waals surface area contributed by atoms with Crippen molar-refractivity contribution in [3.8, 4) is 5.75 Å². The molecule has 0 saturated carbocycles. The second-order valence-corrected chi connectivity index (χ2v) is 3.44. The maximum Gasteiger partial charge on any atom is 0.573 e. The number of ether oxygens (including phenoxy) is 2. The molecule has 0 aliphatic rings. The molecule has 0 N–H and O–H groups in total. The standard InChI is InChI=1S/C12H13F3O3/c1-3-8-7-9(11(16)17-4-2)5-6-10(8)18-12(13,14)15/h5-7H,3-4H2,1-2H3. The molecule has 18 heavy (non-hydrogen) atoms. The van der Waals surface area contributed by atoms with Crippen molar-refractivity contribution in [3.63, 3.8) is 0 Å². The third-order valence-corrected chi connectivity index (χ3v) is 2.18. The quantitative estimate of drug-likeness (QED) is 0.781. The molecule has 0 fully saturated rings. The molecule has 0 amide bonds. The van der Waals surface area contributed by atoms with Crippen LogP contribution in [0.1, 0.15) is 29.8 Å². The number of rotatable bonds is 4. The first-order valence-electron chi connectivity index (χ1n) is 5.43. The fraction of sp³-hybridized carbons (Fsp3) is 0.417. The predicted octanol–water partition coefficient (Wildman–Crippen LogP) is 3.32. The van der Waals surface area contributed by atoms with Gasteiger partial charge in [0.1, 0.15) is 5.75 Å². The van der Waals surface area contributed by atoms with Gasteiger partial charge < -0.3 is 9.47 Å². The van der Waals surface area contributed by atoms with Crippen molar-refractivity contribution < 1.29 is 27.4 Å². The minimum Gasteiger partial charge on any atom is -0.462 e. The molecule has 0 saturated heterocycles. The Morgan fingerprint density at radius 2 is 1.94 bits per heavy atom. The Kier molecular flexibility index (Phi) is 4.58. The fourth-order valence-corrected chi connectivity index (χ4v) is 1.42. The Bertz CT molecular complexity index is 427. The number of hydrogen-bond donors (Lipinski definition) is 0. The lowest BCUT2D eigenvalue weighted by Crippen LogP contribution is -2.18. The van der Waals surface area contributed by atoms with Crippen LogP contribution in [-0.2, 0) is 11.2 Å². The van der Waals surface area contributed by atoms with E-state index in [9.17, 15) is 18.0 Å². The Morgan fingerprint density at radius 3 is 2.44 bits per heavy atom. The smallest absolute Gasteiger partial charge is 0.462 e. The second kappa shape index (κ2) is 5.75. The second-order valence-electron chi connectivity index (χ2n) is 3.44. The summed E-state index contributed by atoms with van der Waals surface area (Å²) in [4.78, 5) is 11.4. The summed E-state index contributed by atoms with van der Waals surface area (Å²) in [5.41, 5.74) is 0.515. The molecule has 0 aromatic heterocycles. The van der Waals surface area contributed by atoms with E-state index in [1.807, 2.05) is 0 Å². The molecule has 1 aromatic rings. The van der Waals surface area contributed by atoms with Crippen LogP contribution in [0.25, 0.3) is 0 Å². The zero-order valence-corrected chi connectivity index (χ0v) is 10.0. The summed E-state index contributed by atoms with van der Waals surface area (Å²) in [5, 5.41) is 0. The van der Waals surface area contributed by atoms with Gasteiger partial charge in [0.15, 0.2) is 0 Å². The van der Waals surface area contributed by atoms with Crippen molar-refractivity contribution >= 4 is 5.97 Å². The minimum atomic E-state index is -4.74. The van der Waals surface area contributed by atoms with Crippen LogP contribution < -0.4 is 4.74 Å². The molecule has 0 heterocycles. The number of benzene rings is 1. The largest absolute Gasteiger partial charge is 0.573 e. The van der Waals surface area contributed by atoms with Gasteiger partial charge in [-0.15, -0.1) is 13.2 Å². The van der Waals surface area contributed by atoms with Gasteiger partial charge in [-0.1, -0.05) is 6.92 Å². The van der Waals surface area contributed by atoms with Crippen LogP contribution >= 0.6 is 0 Å². The lowest BCUT2D eigenvalue weighted by molar-refractivity contribution is -0.274. The average molecular weight is 262 g/mol. The molecule has 1 aromatic carbocycles. The van der Waals surface area contributed by atoms with E-state index < -0.39 is 12.3 Å². The molecule has 0 bridgehead atoms. The lowest BCUT2D eigenvalue weighted by Gasteiger charge is -2.13. The summed E-state index contributed by atoms with van der Waals surface area (Å²) in [5.74, 6) is -0.858. The summed E-state index contributed by atoms with van der Waals surface area (Å²) in [6.45, 7) is 3.54. The Labute approximate surface area is 103 Å². The molecule has 3 nitrogen and oxygen atoms in total. The highest BCUT2D eigenvalue weighted by Crippen LogP contribution is 2.27. The number of aryl methyl sites for hydroxylation is 1. The number of esters is 1. The van der Waals surface area contributed by atoms with Gasteiger partial charge in [0, 0.05) is 0 Å². The predicted molar refractivity (Wildman–Crippen MR) is 58.5 cm³/mol. The topological polar surface area (TPSA) is 35.5 Å². The molecule has 0 spiro atoms. The van der Waals surface area contributed by atoms with Crippen molar-refractivity contribution in [2.75, 3.05) is 6.61 Å². The summed E-state index contributed by atoms with van der Waals surface area (Å²) in [6, 6.07) is 3.72.